The molecule has 7 nitrogen and oxygen atoms in total. The van der Waals surface area contributed by atoms with Crippen LogP contribution in [0.4, 0.5) is 18.9 Å². The normalized spacial score (nSPS) is 12.8. The van der Waals surface area contributed by atoms with Gasteiger partial charge in [-0.15, -0.1) is 0 Å². The van der Waals surface area contributed by atoms with Gasteiger partial charge < -0.3 is 19.1 Å². The van der Waals surface area contributed by atoms with E-state index in [1.807, 2.05) is 0 Å². The summed E-state index contributed by atoms with van der Waals surface area (Å²) in [5.74, 6) is 0.720. The van der Waals surface area contributed by atoms with Gasteiger partial charge in [0.2, 0.25) is 6.79 Å². The van der Waals surface area contributed by atoms with Crippen molar-refractivity contribution in [3.63, 3.8) is 0 Å². The molecule has 3 aromatic rings. The zero-order chi connectivity index (χ0) is 23.0. The van der Waals surface area contributed by atoms with Gasteiger partial charge in [-0.2, -0.15) is 18.3 Å². The molecule has 1 aliphatic rings. The summed E-state index contributed by atoms with van der Waals surface area (Å²) in [7, 11) is 2.91. The van der Waals surface area contributed by atoms with Crippen LogP contribution in [0.1, 0.15) is 21.7 Å². The summed E-state index contributed by atoms with van der Waals surface area (Å²) in [5.41, 5.74) is -0.160. The first-order valence-electron chi connectivity index (χ1n) is 9.32. The van der Waals surface area contributed by atoms with Gasteiger partial charge in [-0.1, -0.05) is 17.7 Å². The van der Waals surface area contributed by atoms with Crippen molar-refractivity contribution >= 4 is 23.2 Å². The van der Waals surface area contributed by atoms with Gasteiger partial charge >= 0.3 is 6.18 Å². The molecule has 0 saturated heterocycles. The number of anilines is 1. The average molecular weight is 468 g/mol. The van der Waals surface area contributed by atoms with Gasteiger partial charge in [-0.3, -0.25) is 4.79 Å². The molecule has 0 saturated carbocycles. The fourth-order valence-electron chi connectivity index (χ4n) is 3.27. The van der Waals surface area contributed by atoms with Crippen LogP contribution in [0.25, 0.3) is 5.69 Å². The van der Waals surface area contributed by atoms with Gasteiger partial charge in [-0.05, 0) is 30.3 Å². The minimum absolute atomic E-state index is 0.0233. The third-order valence-corrected chi connectivity index (χ3v) is 5.25. The van der Waals surface area contributed by atoms with Gasteiger partial charge in [0.15, 0.2) is 17.2 Å². The van der Waals surface area contributed by atoms with Crippen LogP contribution in [0.15, 0.2) is 42.5 Å². The van der Waals surface area contributed by atoms with Crippen molar-refractivity contribution < 1.29 is 32.2 Å². The maximum absolute atomic E-state index is 13.3. The highest BCUT2D eigenvalue weighted by Crippen LogP contribution is 2.37. The van der Waals surface area contributed by atoms with Gasteiger partial charge in [0.1, 0.15) is 0 Å². The number of aromatic nitrogens is 2. The van der Waals surface area contributed by atoms with Crippen molar-refractivity contribution in [3.8, 4) is 17.2 Å². The number of benzene rings is 2. The number of ether oxygens (including phenoxy) is 3. The van der Waals surface area contributed by atoms with Crippen molar-refractivity contribution in [2.24, 2.45) is 0 Å². The van der Waals surface area contributed by atoms with E-state index in [4.69, 9.17) is 25.8 Å². The van der Waals surface area contributed by atoms with Crippen LogP contribution in [-0.4, -0.2) is 36.6 Å². The summed E-state index contributed by atoms with van der Waals surface area (Å²) in [6.07, 6.45) is -4.74. The Morgan fingerprint density at radius 2 is 1.97 bits per heavy atom. The Morgan fingerprint density at radius 1 is 1.22 bits per heavy atom. The van der Waals surface area contributed by atoms with Crippen molar-refractivity contribution in [1.82, 2.24) is 9.78 Å². The van der Waals surface area contributed by atoms with E-state index >= 15 is 0 Å². The predicted molar refractivity (Wildman–Crippen MR) is 110 cm³/mol. The number of carbonyl (C=O) groups excluding carboxylic acids is 1. The molecule has 2 heterocycles. The smallest absolute Gasteiger partial charge is 0.436 e. The zero-order valence-corrected chi connectivity index (χ0v) is 17.7. The summed E-state index contributed by atoms with van der Waals surface area (Å²) in [6.45, 7) is -0.0914. The van der Waals surface area contributed by atoms with Crippen molar-refractivity contribution in [1.29, 1.82) is 0 Å². The van der Waals surface area contributed by atoms with E-state index in [1.54, 1.807) is 37.4 Å². The minimum atomic E-state index is -4.74. The van der Waals surface area contributed by atoms with Crippen LogP contribution in [0.5, 0.6) is 11.5 Å². The molecule has 1 aromatic heterocycles. The molecule has 0 spiro atoms. The topological polar surface area (TPSA) is 65.8 Å². The number of alkyl halides is 3. The number of fused-ring (bicyclic) bond motifs is 1. The Morgan fingerprint density at radius 3 is 2.69 bits per heavy atom. The Labute approximate surface area is 185 Å². The van der Waals surface area contributed by atoms with Gasteiger partial charge in [0, 0.05) is 31.5 Å². The van der Waals surface area contributed by atoms with Crippen molar-refractivity contribution in [2.45, 2.75) is 12.8 Å². The van der Waals surface area contributed by atoms with Crippen molar-refractivity contribution in [2.75, 3.05) is 25.9 Å². The number of hydrogen-bond acceptors (Lipinski definition) is 5. The highest BCUT2D eigenvalue weighted by molar-refractivity contribution is 6.32. The molecule has 0 N–H and O–H groups in total. The lowest BCUT2D eigenvalue weighted by atomic mass is 10.1. The molecule has 1 aliphatic heterocycles. The summed E-state index contributed by atoms with van der Waals surface area (Å²) in [6, 6.07) is 11.1. The first-order valence-corrected chi connectivity index (χ1v) is 9.70. The first-order chi connectivity index (χ1) is 15.2. The zero-order valence-electron chi connectivity index (χ0n) is 16.9. The monoisotopic (exact) mass is 467 g/mol. The average Bonchev–Trinajstić information content (AvgIpc) is 3.37. The van der Waals surface area contributed by atoms with Crippen LogP contribution >= 0.6 is 11.6 Å². The van der Waals surface area contributed by atoms with Crippen LogP contribution in [0.2, 0.25) is 5.02 Å². The summed E-state index contributed by atoms with van der Waals surface area (Å²) in [5, 5.41) is 3.09. The van der Waals surface area contributed by atoms with Crippen LogP contribution in [0, 0.1) is 0 Å². The summed E-state index contributed by atoms with van der Waals surface area (Å²) < 4.78 is 56.6. The molecule has 4 rings (SSSR count). The molecule has 11 heteroatoms. The fourth-order valence-corrected chi connectivity index (χ4v) is 3.54. The predicted octanol–water partition coefficient (Wildman–Crippen LogP) is 4.70. The van der Waals surface area contributed by atoms with Gasteiger partial charge in [0.25, 0.3) is 5.91 Å². The number of hydrogen-bond donors (Lipinski definition) is 0. The number of rotatable bonds is 5. The van der Waals surface area contributed by atoms with Crippen LogP contribution in [-0.2, 0) is 17.5 Å². The Kier molecular flexibility index (Phi) is 5.74. The molecule has 0 unspecified atom stereocenters. The molecule has 2 aromatic carbocycles. The second-order valence-electron chi connectivity index (χ2n) is 6.90. The SMILES string of the molecule is COCc1c(Cl)c(C(F)(F)F)nn1-c1cccc(C(=O)N(C)c2ccc3c(c2)OCO3)c1. The lowest BCUT2D eigenvalue weighted by Gasteiger charge is -2.18. The number of carbonyl (C=O) groups is 1. The highest BCUT2D eigenvalue weighted by Gasteiger charge is 2.39. The molecular weight excluding hydrogens is 451 g/mol. The molecule has 0 aliphatic carbocycles. The second kappa shape index (κ2) is 8.36. The lowest BCUT2D eigenvalue weighted by Crippen LogP contribution is -2.26. The first kappa shape index (κ1) is 22.0. The quantitative estimate of drug-likeness (QED) is 0.544. The van der Waals surface area contributed by atoms with E-state index in [9.17, 15) is 18.0 Å². The molecular formula is C21H17ClF3N3O4. The van der Waals surface area contributed by atoms with E-state index in [-0.39, 0.29) is 36.3 Å². The largest absolute Gasteiger partial charge is 0.454 e. The Hall–Kier alpha value is -3.24. The molecule has 0 atom stereocenters. The standard InChI is InChI=1S/C21H17ClF3N3O4/c1-27(13-6-7-16-17(9-13)32-11-31-16)20(29)12-4-3-5-14(8-12)28-15(10-30-2)18(22)19(26-28)21(23,24)25/h3-9H,10-11H2,1-2H3. The molecule has 0 bridgehead atoms. The summed E-state index contributed by atoms with van der Waals surface area (Å²) in [4.78, 5) is 14.5. The summed E-state index contributed by atoms with van der Waals surface area (Å²) >= 11 is 5.94. The maximum atomic E-state index is 13.3. The molecule has 32 heavy (non-hydrogen) atoms. The van der Waals surface area contributed by atoms with Gasteiger partial charge in [-0.25, -0.2) is 4.68 Å². The van der Waals surface area contributed by atoms with Crippen LogP contribution in [0.3, 0.4) is 0 Å². The van der Waals surface area contributed by atoms with Gasteiger partial charge in [0.05, 0.1) is 23.0 Å². The van der Waals surface area contributed by atoms with E-state index in [0.717, 1.165) is 4.68 Å². The molecule has 1 amide bonds. The van der Waals surface area contributed by atoms with E-state index in [2.05, 4.69) is 5.10 Å². The Bertz CT molecular complexity index is 1180. The molecule has 168 valence electrons. The number of nitrogens with zero attached hydrogens (tertiary/aromatic N) is 3. The molecule has 0 fully saturated rings. The lowest BCUT2D eigenvalue weighted by molar-refractivity contribution is -0.141. The number of halogens is 4. The number of amides is 1. The van der Waals surface area contributed by atoms with E-state index in [0.29, 0.717) is 17.2 Å². The van der Waals surface area contributed by atoms with E-state index in [1.165, 1.54) is 24.1 Å². The van der Waals surface area contributed by atoms with Crippen LogP contribution < -0.4 is 14.4 Å². The third kappa shape index (κ3) is 3.98. The minimum Gasteiger partial charge on any atom is -0.454 e. The third-order valence-electron chi connectivity index (χ3n) is 4.85. The number of methoxy groups -OCH3 is 1. The maximum Gasteiger partial charge on any atom is 0.436 e. The van der Waals surface area contributed by atoms with Crippen molar-refractivity contribution in [3.05, 3.63) is 64.4 Å². The Balaban J connectivity index is 1.69. The molecule has 0 radical (unpaired) electrons. The highest BCUT2D eigenvalue weighted by atomic mass is 35.5. The van der Waals surface area contributed by atoms with E-state index < -0.39 is 16.9 Å². The fraction of sp³-hybridized carbons (Fsp3) is 0.238. The second-order valence-corrected chi connectivity index (χ2v) is 7.28.